The van der Waals surface area contributed by atoms with Gasteiger partial charge in [0.2, 0.25) is 11.7 Å². The normalized spacial score (nSPS) is 21.0. The van der Waals surface area contributed by atoms with E-state index in [2.05, 4.69) is 18.7 Å². The van der Waals surface area contributed by atoms with Crippen LogP contribution in [0.25, 0.3) is 0 Å². The number of carbonyl (C=O) groups excluding carboxylic acids is 1. The van der Waals surface area contributed by atoms with E-state index in [-0.39, 0.29) is 44.0 Å². The van der Waals surface area contributed by atoms with Crippen molar-refractivity contribution in [3.8, 4) is 5.75 Å². The maximum atomic E-state index is 13.9. The van der Waals surface area contributed by atoms with Gasteiger partial charge >= 0.3 is 0 Å². The Morgan fingerprint density at radius 2 is 1.96 bits per heavy atom. The minimum absolute atomic E-state index is 0.0305. The first-order chi connectivity index (χ1) is 13.3. The molecule has 0 aromatic heterocycles. The zero-order chi connectivity index (χ0) is 20.7. The van der Waals surface area contributed by atoms with Crippen LogP contribution in [0.3, 0.4) is 0 Å². The van der Waals surface area contributed by atoms with E-state index < -0.39 is 17.2 Å². The summed E-state index contributed by atoms with van der Waals surface area (Å²) >= 11 is 0. The fraction of sp³-hybridized carbons (Fsp3) is 0.650. The van der Waals surface area contributed by atoms with Crippen LogP contribution in [-0.2, 0) is 9.53 Å². The largest absolute Gasteiger partial charge is 0.487 e. The molecule has 28 heavy (non-hydrogen) atoms. The molecule has 8 heteroatoms. The number of aliphatic hydroxyl groups is 1. The second kappa shape index (κ2) is 10.1. The van der Waals surface area contributed by atoms with E-state index in [0.29, 0.717) is 13.1 Å². The SMILES string of the molecule is CCC(CC)N1CCN(C(=O)COC)CC(O)(COc2cccc(F)c2F)C1. The van der Waals surface area contributed by atoms with E-state index in [4.69, 9.17) is 9.47 Å². The molecule has 2 rings (SSSR count). The second-order valence-electron chi connectivity index (χ2n) is 7.25. The quantitative estimate of drug-likeness (QED) is 0.724. The summed E-state index contributed by atoms with van der Waals surface area (Å²) in [6, 6.07) is 3.90. The highest BCUT2D eigenvalue weighted by Crippen LogP contribution is 2.24. The number of benzene rings is 1. The Kier molecular flexibility index (Phi) is 8.15. The first-order valence-corrected chi connectivity index (χ1v) is 9.63. The van der Waals surface area contributed by atoms with Crippen molar-refractivity contribution < 1.29 is 28.2 Å². The summed E-state index contributed by atoms with van der Waals surface area (Å²) < 4.78 is 37.7. The van der Waals surface area contributed by atoms with Gasteiger partial charge in [-0.15, -0.1) is 0 Å². The Bertz CT molecular complexity index is 657. The van der Waals surface area contributed by atoms with Gasteiger partial charge in [-0.1, -0.05) is 19.9 Å². The van der Waals surface area contributed by atoms with Crippen LogP contribution in [0.5, 0.6) is 5.75 Å². The van der Waals surface area contributed by atoms with Crippen LogP contribution in [-0.4, -0.2) is 79.0 Å². The molecule has 0 saturated carbocycles. The number of rotatable bonds is 8. The Balaban J connectivity index is 2.21. The molecule has 1 fully saturated rings. The van der Waals surface area contributed by atoms with E-state index in [1.54, 1.807) is 0 Å². The first-order valence-electron chi connectivity index (χ1n) is 9.63. The lowest BCUT2D eigenvalue weighted by molar-refractivity contribution is -0.138. The summed E-state index contributed by atoms with van der Waals surface area (Å²) in [4.78, 5) is 16.0. The van der Waals surface area contributed by atoms with Crippen molar-refractivity contribution in [3.05, 3.63) is 29.8 Å². The van der Waals surface area contributed by atoms with Crippen LogP contribution >= 0.6 is 0 Å². The number of hydrogen-bond acceptors (Lipinski definition) is 5. The van der Waals surface area contributed by atoms with E-state index in [1.807, 2.05) is 0 Å². The zero-order valence-electron chi connectivity index (χ0n) is 16.8. The fourth-order valence-electron chi connectivity index (χ4n) is 3.63. The Morgan fingerprint density at radius 3 is 2.61 bits per heavy atom. The summed E-state index contributed by atoms with van der Waals surface area (Å²) in [5.74, 6) is -2.60. The molecule has 0 bridgehead atoms. The second-order valence-corrected chi connectivity index (χ2v) is 7.25. The van der Waals surface area contributed by atoms with E-state index in [9.17, 15) is 18.7 Å². The van der Waals surface area contributed by atoms with Crippen molar-refractivity contribution in [3.63, 3.8) is 0 Å². The highest BCUT2D eigenvalue weighted by atomic mass is 19.2. The van der Waals surface area contributed by atoms with Gasteiger partial charge in [-0.05, 0) is 25.0 Å². The first kappa shape index (κ1) is 22.5. The minimum Gasteiger partial charge on any atom is -0.487 e. The lowest BCUT2D eigenvalue weighted by atomic mass is 10.0. The third-order valence-electron chi connectivity index (χ3n) is 5.13. The molecule has 1 saturated heterocycles. The van der Waals surface area contributed by atoms with Crippen molar-refractivity contribution >= 4 is 5.91 Å². The smallest absolute Gasteiger partial charge is 0.248 e. The van der Waals surface area contributed by atoms with Gasteiger partial charge in [-0.3, -0.25) is 9.69 Å². The number of β-amino-alcohol motifs (C(OH)–C–C–N with tert-alkyl or cyclic N) is 1. The molecular weight excluding hydrogens is 370 g/mol. The van der Waals surface area contributed by atoms with Crippen LogP contribution in [0, 0.1) is 11.6 Å². The molecule has 0 spiro atoms. The molecule has 1 atom stereocenters. The van der Waals surface area contributed by atoms with E-state index >= 15 is 0 Å². The number of ether oxygens (including phenoxy) is 2. The van der Waals surface area contributed by atoms with E-state index in [1.165, 1.54) is 24.1 Å². The number of hydrogen-bond donors (Lipinski definition) is 1. The highest BCUT2D eigenvalue weighted by Gasteiger charge is 2.39. The molecule has 1 aromatic carbocycles. The minimum atomic E-state index is -1.43. The van der Waals surface area contributed by atoms with Gasteiger partial charge in [0.15, 0.2) is 11.6 Å². The Morgan fingerprint density at radius 1 is 1.25 bits per heavy atom. The van der Waals surface area contributed by atoms with Crippen LogP contribution in [0.15, 0.2) is 18.2 Å². The third kappa shape index (κ3) is 5.62. The number of methoxy groups -OCH3 is 1. The lowest BCUT2D eigenvalue weighted by Gasteiger charge is -2.35. The molecule has 0 aliphatic carbocycles. The average Bonchev–Trinajstić information content (AvgIpc) is 2.84. The molecule has 1 aliphatic heterocycles. The molecule has 1 N–H and O–H groups in total. The predicted molar refractivity (Wildman–Crippen MR) is 101 cm³/mol. The molecule has 0 radical (unpaired) electrons. The maximum Gasteiger partial charge on any atom is 0.248 e. The van der Waals surface area contributed by atoms with Gasteiger partial charge < -0.3 is 19.5 Å². The van der Waals surface area contributed by atoms with Crippen LogP contribution in [0.4, 0.5) is 8.78 Å². The van der Waals surface area contributed by atoms with Gasteiger partial charge in [0.25, 0.3) is 0 Å². The third-order valence-corrected chi connectivity index (χ3v) is 5.13. The Labute approximate surface area is 165 Å². The fourth-order valence-corrected chi connectivity index (χ4v) is 3.63. The van der Waals surface area contributed by atoms with Gasteiger partial charge in [-0.25, -0.2) is 4.39 Å². The van der Waals surface area contributed by atoms with Crippen molar-refractivity contribution in [1.82, 2.24) is 9.80 Å². The Hall–Kier alpha value is -1.77. The van der Waals surface area contributed by atoms with Gasteiger partial charge in [-0.2, -0.15) is 4.39 Å². The molecule has 1 aliphatic rings. The topological polar surface area (TPSA) is 62.2 Å². The van der Waals surface area contributed by atoms with Gasteiger partial charge in [0.05, 0.1) is 6.54 Å². The summed E-state index contributed by atoms with van der Waals surface area (Å²) in [5.41, 5.74) is -1.43. The van der Waals surface area contributed by atoms with Crippen molar-refractivity contribution in [2.75, 3.05) is 46.5 Å². The van der Waals surface area contributed by atoms with E-state index in [0.717, 1.165) is 18.9 Å². The predicted octanol–water partition coefficient (Wildman–Crippen LogP) is 2.05. The number of halogens is 2. The summed E-state index contributed by atoms with van der Waals surface area (Å²) in [6.07, 6.45) is 1.80. The molecule has 1 aromatic rings. The average molecular weight is 400 g/mol. The van der Waals surface area contributed by atoms with Crippen LogP contribution in [0.1, 0.15) is 26.7 Å². The summed E-state index contributed by atoms with van der Waals surface area (Å²) in [6.45, 7) is 5.17. The van der Waals surface area contributed by atoms with Gasteiger partial charge in [0, 0.05) is 32.8 Å². The van der Waals surface area contributed by atoms with Gasteiger partial charge in [0.1, 0.15) is 18.8 Å². The van der Waals surface area contributed by atoms with Crippen molar-refractivity contribution in [2.45, 2.75) is 38.3 Å². The van der Waals surface area contributed by atoms with Crippen LogP contribution in [0.2, 0.25) is 0 Å². The standard InChI is InChI=1S/C20H30F2N2O4/c1-4-15(5-2)23-9-10-24(18(25)11-27-3)13-20(26,12-23)14-28-17-8-6-7-16(21)19(17)22/h6-8,15,26H,4-5,9-14H2,1-3H3. The van der Waals surface area contributed by atoms with Crippen molar-refractivity contribution in [1.29, 1.82) is 0 Å². The molecular formula is C20H30F2N2O4. The maximum absolute atomic E-state index is 13.9. The molecule has 6 nitrogen and oxygen atoms in total. The molecule has 1 unspecified atom stereocenters. The highest BCUT2D eigenvalue weighted by molar-refractivity contribution is 5.77. The lowest BCUT2D eigenvalue weighted by Crippen LogP contribution is -2.53. The monoisotopic (exact) mass is 400 g/mol. The summed E-state index contributed by atoms with van der Waals surface area (Å²) in [5, 5.41) is 11.3. The molecule has 1 amide bonds. The van der Waals surface area contributed by atoms with Crippen LogP contribution < -0.4 is 4.74 Å². The summed E-state index contributed by atoms with van der Waals surface area (Å²) in [7, 11) is 1.44. The number of nitrogens with zero attached hydrogens (tertiary/aromatic N) is 2. The zero-order valence-corrected chi connectivity index (χ0v) is 16.8. The number of amides is 1. The molecule has 158 valence electrons. The van der Waals surface area contributed by atoms with Crippen molar-refractivity contribution in [2.24, 2.45) is 0 Å². The number of carbonyl (C=O) groups is 1. The molecule has 1 heterocycles.